The minimum Gasteiger partial charge on any atom is -0.372 e. The molecule has 0 saturated carbocycles. The topological polar surface area (TPSA) is 55.2 Å². The molecule has 25 heavy (non-hydrogen) atoms. The molecule has 4 rings (SSSR count). The van der Waals surface area contributed by atoms with Crippen LogP contribution in [0.2, 0.25) is 15.1 Å². The van der Waals surface area contributed by atoms with Crippen LogP contribution in [0.4, 0.5) is 11.4 Å². The van der Waals surface area contributed by atoms with Crippen molar-refractivity contribution in [3.05, 3.63) is 78.8 Å². The van der Waals surface area contributed by atoms with Crippen molar-refractivity contribution in [2.45, 2.75) is 18.4 Å². The zero-order chi connectivity index (χ0) is 17.7. The number of nitro groups is 1. The van der Waals surface area contributed by atoms with Crippen molar-refractivity contribution in [1.82, 2.24) is 0 Å². The highest BCUT2D eigenvalue weighted by molar-refractivity contribution is 6.42. The summed E-state index contributed by atoms with van der Waals surface area (Å²) >= 11 is 18.3. The van der Waals surface area contributed by atoms with E-state index in [4.69, 9.17) is 34.8 Å². The van der Waals surface area contributed by atoms with Crippen molar-refractivity contribution in [3.8, 4) is 0 Å². The first-order valence-electron chi connectivity index (χ1n) is 7.81. The van der Waals surface area contributed by atoms with Crippen LogP contribution in [0.15, 0.2) is 42.5 Å². The first kappa shape index (κ1) is 16.7. The molecule has 0 amide bonds. The number of allylic oxidation sites excluding steroid dienone is 2. The number of anilines is 1. The molecular weight excluding hydrogens is 383 g/mol. The van der Waals surface area contributed by atoms with E-state index in [1.54, 1.807) is 6.07 Å². The number of hydrogen-bond acceptors (Lipinski definition) is 3. The molecule has 2 aromatic rings. The van der Waals surface area contributed by atoms with E-state index in [-0.39, 0.29) is 23.6 Å². The van der Waals surface area contributed by atoms with Crippen molar-refractivity contribution in [3.63, 3.8) is 0 Å². The van der Waals surface area contributed by atoms with E-state index in [0.29, 0.717) is 20.8 Å². The summed E-state index contributed by atoms with van der Waals surface area (Å²) in [6.07, 6.45) is 5.10. The molecule has 2 aliphatic rings. The summed E-state index contributed by atoms with van der Waals surface area (Å²) in [4.78, 5) is 11.1. The summed E-state index contributed by atoms with van der Waals surface area (Å²) in [6.45, 7) is 0. The summed E-state index contributed by atoms with van der Waals surface area (Å²) in [5.41, 5.74) is 2.35. The molecule has 7 heteroatoms. The Morgan fingerprint density at radius 1 is 1.12 bits per heavy atom. The lowest BCUT2D eigenvalue weighted by atomic mass is 9.77. The highest BCUT2D eigenvalue weighted by Crippen LogP contribution is 2.53. The smallest absolute Gasteiger partial charge is 0.294 e. The van der Waals surface area contributed by atoms with Gasteiger partial charge in [0.05, 0.1) is 21.0 Å². The van der Waals surface area contributed by atoms with E-state index in [0.717, 1.165) is 17.5 Å². The van der Waals surface area contributed by atoms with Gasteiger partial charge < -0.3 is 5.32 Å². The van der Waals surface area contributed by atoms with E-state index in [1.807, 2.05) is 18.2 Å². The first-order valence-corrected chi connectivity index (χ1v) is 8.95. The van der Waals surface area contributed by atoms with Gasteiger partial charge in [-0.1, -0.05) is 53.0 Å². The SMILES string of the molecule is O=[N+]([O-])c1cc(Cl)cc2c1NC(c1ccc(Cl)c(Cl)c1)[C@H]1CC=C[C@@H]21. The van der Waals surface area contributed by atoms with Crippen LogP contribution in [0.3, 0.4) is 0 Å². The molecule has 0 bridgehead atoms. The largest absolute Gasteiger partial charge is 0.372 e. The predicted octanol–water partition coefficient (Wildman–Crippen LogP) is 6.38. The lowest BCUT2D eigenvalue weighted by Crippen LogP contribution is -2.29. The summed E-state index contributed by atoms with van der Waals surface area (Å²) in [6, 6.07) is 8.59. The molecule has 1 aliphatic carbocycles. The maximum atomic E-state index is 11.5. The Labute approximate surface area is 159 Å². The number of nitro benzene ring substituents is 1. The lowest BCUT2D eigenvalue weighted by molar-refractivity contribution is -0.384. The van der Waals surface area contributed by atoms with Crippen LogP contribution in [0, 0.1) is 16.0 Å². The lowest BCUT2D eigenvalue weighted by Gasteiger charge is -2.37. The van der Waals surface area contributed by atoms with Crippen molar-refractivity contribution < 1.29 is 4.92 Å². The van der Waals surface area contributed by atoms with Gasteiger partial charge in [-0.25, -0.2) is 0 Å². The molecule has 3 atom stereocenters. The van der Waals surface area contributed by atoms with Gasteiger partial charge in [-0.3, -0.25) is 10.1 Å². The van der Waals surface area contributed by atoms with Crippen LogP contribution in [-0.2, 0) is 0 Å². The van der Waals surface area contributed by atoms with Gasteiger partial charge in [0.1, 0.15) is 5.69 Å². The van der Waals surface area contributed by atoms with Crippen molar-refractivity contribution >= 4 is 46.2 Å². The van der Waals surface area contributed by atoms with Gasteiger partial charge in [0.15, 0.2) is 0 Å². The second-order valence-corrected chi connectivity index (χ2v) is 7.55. The third kappa shape index (κ3) is 2.78. The van der Waals surface area contributed by atoms with E-state index in [1.165, 1.54) is 6.07 Å². The van der Waals surface area contributed by atoms with Crippen molar-refractivity contribution in [2.24, 2.45) is 5.92 Å². The van der Waals surface area contributed by atoms with Gasteiger partial charge in [0.25, 0.3) is 5.69 Å². The van der Waals surface area contributed by atoms with Gasteiger partial charge in [-0.15, -0.1) is 0 Å². The number of rotatable bonds is 2. The Morgan fingerprint density at radius 3 is 2.64 bits per heavy atom. The second kappa shape index (κ2) is 6.20. The highest BCUT2D eigenvalue weighted by Gasteiger charge is 2.41. The van der Waals surface area contributed by atoms with Crippen LogP contribution < -0.4 is 5.32 Å². The summed E-state index contributed by atoms with van der Waals surface area (Å²) in [5.74, 6) is 0.316. The molecule has 1 heterocycles. The van der Waals surface area contributed by atoms with Crippen LogP contribution in [-0.4, -0.2) is 4.92 Å². The third-order valence-corrected chi connectivity index (χ3v) is 5.87. The Morgan fingerprint density at radius 2 is 1.92 bits per heavy atom. The minimum atomic E-state index is -0.400. The zero-order valence-electron chi connectivity index (χ0n) is 12.9. The van der Waals surface area contributed by atoms with Crippen LogP contribution >= 0.6 is 34.8 Å². The van der Waals surface area contributed by atoms with Gasteiger partial charge in [-0.05, 0) is 41.7 Å². The molecule has 0 spiro atoms. The first-order chi connectivity index (χ1) is 12.0. The monoisotopic (exact) mass is 394 g/mol. The van der Waals surface area contributed by atoms with Gasteiger partial charge in [0, 0.05) is 17.0 Å². The Kier molecular flexibility index (Phi) is 4.14. The average molecular weight is 396 g/mol. The van der Waals surface area contributed by atoms with Crippen LogP contribution in [0.25, 0.3) is 0 Å². The predicted molar refractivity (Wildman–Crippen MR) is 101 cm³/mol. The molecule has 0 radical (unpaired) electrons. The quantitative estimate of drug-likeness (QED) is 0.364. The maximum Gasteiger partial charge on any atom is 0.294 e. The fourth-order valence-electron chi connectivity index (χ4n) is 3.83. The molecule has 128 valence electrons. The summed E-state index contributed by atoms with van der Waals surface area (Å²) in [5, 5.41) is 16.2. The molecule has 2 aromatic carbocycles. The normalized spacial score (nSPS) is 23.7. The van der Waals surface area contributed by atoms with E-state index in [2.05, 4.69) is 17.5 Å². The molecular formula is C18H13Cl3N2O2. The van der Waals surface area contributed by atoms with Crippen LogP contribution in [0.1, 0.15) is 29.5 Å². The average Bonchev–Trinajstić information content (AvgIpc) is 3.06. The minimum absolute atomic E-state index is 0.00805. The fourth-order valence-corrected chi connectivity index (χ4v) is 4.35. The van der Waals surface area contributed by atoms with E-state index >= 15 is 0 Å². The van der Waals surface area contributed by atoms with Crippen molar-refractivity contribution in [1.29, 1.82) is 0 Å². The van der Waals surface area contributed by atoms with E-state index in [9.17, 15) is 10.1 Å². The van der Waals surface area contributed by atoms with Gasteiger partial charge >= 0.3 is 0 Å². The number of hydrogen-bond donors (Lipinski definition) is 1. The Balaban J connectivity index is 1.86. The number of nitrogens with one attached hydrogen (secondary N) is 1. The molecule has 1 N–H and O–H groups in total. The molecule has 1 unspecified atom stereocenters. The summed E-state index contributed by atoms with van der Waals surface area (Å²) < 4.78 is 0. The Hall–Kier alpha value is -1.75. The molecule has 0 aromatic heterocycles. The van der Waals surface area contributed by atoms with E-state index < -0.39 is 4.92 Å². The zero-order valence-corrected chi connectivity index (χ0v) is 15.1. The molecule has 0 fully saturated rings. The van der Waals surface area contributed by atoms with Gasteiger partial charge in [-0.2, -0.15) is 0 Å². The maximum absolute atomic E-state index is 11.5. The Bertz CT molecular complexity index is 913. The number of fused-ring (bicyclic) bond motifs is 3. The highest BCUT2D eigenvalue weighted by atomic mass is 35.5. The van der Waals surface area contributed by atoms with Gasteiger partial charge in [0.2, 0.25) is 0 Å². The number of benzene rings is 2. The molecule has 1 aliphatic heterocycles. The molecule has 0 saturated heterocycles. The second-order valence-electron chi connectivity index (χ2n) is 6.30. The van der Waals surface area contributed by atoms with Crippen molar-refractivity contribution in [2.75, 3.05) is 5.32 Å². The molecule has 4 nitrogen and oxygen atoms in total. The third-order valence-electron chi connectivity index (χ3n) is 4.91. The summed E-state index contributed by atoms with van der Waals surface area (Å²) in [7, 11) is 0. The fraction of sp³-hybridized carbons (Fsp3) is 0.222. The van der Waals surface area contributed by atoms with Crippen LogP contribution in [0.5, 0.6) is 0 Å². The number of halogens is 3. The standard InChI is InChI=1S/C18H13Cl3N2O2/c19-10-7-13-11-2-1-3-12(11)17(9-4-5-14(20)15(21)6-9)22-18(13)16(8-10)23(24)25/h1-2,4-8,11-12,17,22H,3H2/t11-,12+,17?/m1/s1. The number of nitrogens with zero attached hydrogens (tertiary/aromatic N) is 1.